The maximum atomic E-state index is 10.8. The van der Waals surface area contributed by atoms with E-state index in [1.54, 1.807) is 0 Å². The van der Waals surface area contributed by atoms with Gasteiger partial charge < -0.3 is 20.6 Å². The van der Waals surface area contributed by atoms with Gasteiger partial charge in [0.1, 0.15) is 0 Å². The van der Waals surface area contributed by atoms with E-state index < -0.39 is 25.9 Å². The lowest BCUT2D eigenvalue weighted by molar-refractivity contribution is 0.136. The van der Waals surface area contributed by atoms with Crippen LogP contribution in [0.3, 0.4) is 0 Å². The van der Waals surface area contributed by atoms with E-state index in [-0.39, 0.29) is 0 Å². The van der Waals surface area contributed by atoms with Crippen LogP contribution >= 0.6 is 7.60 Å². The maximum absolute atomic E-state index is 10.8. The van der Waals surface area contributed by atoms with Crippen LogP contribution in [0, 0.1) is 0 Å². The van der Waals surface area contributed by atoms with Crippen molar-refractivity contribution in [2.24, 2.45) is 5.73 Å². The molecule has 0 aromatic carbocycles. The monoisotopic (exact) mass is 365 g/mol. The first-order chi connectivity index (χ1) is 11.4. The van der Waals surface area contributed by atoms with Crippen LogP contribution in [0.5, 0.6) is 0 Å². The summed E-state index contributed by atoms with van der Waals surface area (Å²) in [5.74, 6) is 0. The molecular weight excluding hydrogens is 325 g/mol. The number of nitrogens with two attached hydrogens (primary N) is 1. The molecule has 0 bridgehead atoms. The second-order valence-electron chi connectivity index (χ2n) is 7.11. The maximum Gasteiger partial charge on any atom is 0.327 e. The summed E-state index contributed by atoms with van der Waals surface area (Å²) in [6, 6.07) is -0.830. The van der Waals surface area contributed by atoms with Crippen molar-refractivity contribution in [3.63, 3.8) is 0 Å². The fraction of sp³-hybridized carbons (Fsp3) is 1.00. The van der Waals surface area contributed by atoms with Gasteiger partial charge in [-0.1, -0.05) is 90.4 Å². The highest BCUT2D eigenvalue weighted by Gasteiger charge is 2.23. The molecule has 146 valence electrons. The van der Waals surface area contributed by atoms with Gasteiger partial charge in [-0.15, -0.1) is 0 Å². The molecule has 6 heteroatoms. The van der Waals surface area contributed by atoms with Crippen molar-refractivity contribution >= 4 is 7.60 Å². The molecule has 0 fully saturated rings. The van der Waals surface area contributed by atoms with Crippen LogP contribution in [-0.2, 0) is 4.57 Å². The van der Waals surface area contributed by atoms with Gasteiger partial charge in [0.15, 0.2) is 0 Å². The summed E-state index contributed by atoms with van der Waals surface area (Å²) in [5.41, 5.74) is 5.61. The summed E-state index contributed by atoms with van der Waals surface area (Å²) in [6.45, 7) is 2.25. The van der Waals surface area contributed by atoms with Gasteiger partial charge in [0, 0.05) is 6.04 Å². The molecule has 0 aliphatic rings. The summed E-state index contributed by atoms with van der Waals surface area (Å²) >= 11 is 0. The molecule has 0 aliphatic heterocycles. The molecule has 2 atom stereocenters. The molecule has 5 N–H and O–H groups in total. The number of unbranched alkanes of at least 4 members (excludes halogenated alkanes) is 12. The Morgan fingerprint density at radius 2 is 1.17 bits per heavy atom. The zero-order valence-corrected chi connectivity index (χ0v) is 16.4. The zero-order valence-electron chi connectivity index (χ0n) is 15.5. The molecule has 5 nitrogen and oxygen atoms in total. The third kappa shape index (κ3) is 16.9. The van der Waals surface area contributed by atoms with Crippen LogP contribution in [0.15, 0.2) is 0 Å². The first-order valence-electron chi connectivity index (χ1n) is 9.85. The minimum Gasteiger partial charge on any atom is -0.391 e. The van der Waals surface area contributed by atoms with Gasteiger partial charge in [-0.2, -0.15) is 0 Å². The number of aliphatic hydroxyl groups is 1. The molecule has 0 radical (unpaired) electrons. The van der Waals surface area contributed by atoms with Crippen LogP contribution in [-0.4, -0.2) is 33.2 Å². The molecule has 24 heavy (non-hydrogen) atoms. The lowest BCUT2D eigenvalue weighted by Gasteiger charge is -2.19. The van der Waals surface area contributed by atoms with Gasteiger partial charge in [0.25, 0.3) is 0 Å². The summed E-state index contributed by atoms with van der Waals surface area (Å²) < 4.78 is 10.8. The summed E-state index contributed by atoms with van der Waals surface area (Å²) in [7, 11) is -4.13. The van der Waals surface area contributed by atoms with E-state index in [1.165, 1.54) is 64.2 Å². The van der Waals surface area contributed by atoms with Gasteiger partial charge in [-0.05, 0) is 6.42 Å². The number of hydrogen-bond donors (Lipinski definition) is 4. The van der Waals surface area contributed by atoms with E-state index in [4.69, 9.17) is 15.5 Å². The van der Waals surface area contributed by atoms with Crippen LogP contribution in [0.2, 0.25) is 0 Å². The van der Waals surface area contributed by atoms with Crippen LogP contribution in [0.1, 0.15) is 96.8 Å². The third-order valence-electron chi connectivity index (χ3n) is 4.55. The van der Waals surface area contributed by atoms with Crippen molar-refractivity contribution < 1.29 is 19.5 Å². The average Bonchev–Trinajstić information content (AvgIpc) is 2.50. The third-order valence-corrected chi connectivity index (χ3v) is 5.44. The van der Waals surface area contributed by atoms with Crippen molar-refractivity contribution in [3.05, 3.63) is 0 Å². The highest BCUT2D eigenvalue weighted by Crippen LogP contribution is 2.35. The summed E-state index contributed by atoms with van der Waals surface area (Å²) in [5, 5.41) is 9.79. The Bertz CT molecular complexity index is 322. The first-order valence-corrected chi connectivity index (χ1v) is 11.6. The fourth-order valence-electron chi connectivity index (χ4n) is 2.98. The predicted octanol–water partition coefficient (Wildman–Crippen LogP) is 4.33. The smallest absolute Gasteiger partial charge is 0.327 e. The van der Waals surface area contributed by atoms with Crippen LogP contribution < -0.4 is 5.73 Å². The number of rotatable bonds is 17. The first kappa shape index (κ1) is 24.1. The van der Waals surface area contributed by atoms with Crippen LogP contribution in [0.4, 0.5) is 0 Å². The normalized spacial score (nSPS) is 14.7. The van der Waals surface area contributed by atoms with Crippen molar-refractivity contribution in [2.75, 3.05) is 6.16 Å². The molecule has 0 rings (SSSR count). The molecule has 2 unspecified atom stereocenters. The van der Waals surface area contributed by atoms with Crippen LogP contribution in [0.25, 0.3) is 0 Å². The van der Waals surface area contributed by atoms with Gasteiger partial charge in [0.05, 0.1) is 12.3 Å². The summed E-state index contributed by atoms with van der Waals surface area (Å²) in [6.07, 6.45) is 15.8. The minimum atomic E-state index is -4.13. The minimum absolute atomic E-state index is 0.438. The Balaban J connectivity index is 3.31. The van der Waals surface area contributed by atoms with Gasteiger partial charge in [-0.25, -0.2) is 0 Å². The molecule has 0 aliphatic carbocycles. The van der Waals surface area contributed by atoms with Gasteiger partial charge >= 0.3 is 7.60 Å². The topological polar surface area (TPSA) is 104 Å². The Labute approximate surface area is 148 Å². The van der Waals surface area contributed by atoms with Crippen molar-refractivity contribution in [1.82, 2.24) is 0 Å². The lowest BCUT2D eigenvalue weighted by atomic mass is 10.0. The SMILES string of the molecule is CCCCCCCCCCCCCCCC(O)C(N)CP(=O)(O)O. The molecular formula is C18H40NO4P. The standard InChI is InChI=1S/C18H40NO4P/c1-2-3-4-5-6-7-8-9-10-11-12-13-14-15-18(20)17(19)16-24(21,22)23/h17-18,20H,2-16,19H2,1H3,(H2,21,22,23). The predicted molar refractivity (Wildman–Crippen MR) is 101 cm³/mol. The van der Waals surface area contributed by atoms with Crippen molar-refractivity contribution in [3.8, 4) is 0 Å². The molecule has 0 saturated heterocycles. The molecule has 0 aromatic rings. The summed E-state index contributed by atoms with van der Waals surface area (Å²) in [4.78, 5) is 17.7. The number of hydrogen-bond acceptors (Lipinski definition) is 3. The Kier molecular flexibility index (Phi) is 15.4. The molecule has 0 heterocycles. The Morgan fingerprint density at radius 1 is 0.792 bits per heavy atom. The molecule has 0 amide bonds. The van der Waals surface area contributed by atoms with Gasteiger partial charge in [-0.3, -0.25) is 4.57 Å². The fourth-order valence-corrected chi connectivity index (χ4v) is 3.77. The van der Waals surface area contributed by atoms with E-state index >= 15 is 0 Å². The Morgan fingerprint density at radius 3 is 1.54 bits per heavy atom. The molecule has 0 spiro atoms. The highest BCUT2D eigenvalue weighted by molar-refractivity contribution is 7.51. The van der Waals surface area contributed by atoms with Crippen molar-refractivity contribution in [1.29, 1.82) is 0 Å². The van der Waals surface area contributed by atoms with E-state index in [9.17, 15) is 9.67 Å². The number of aliphatic hydroxyl groups excluding tert-OH is 1. The lowest BCUT2D eigenvalue weighted by Crippen LogP contribution is -2.37. The van der Waals surface area contributed by atoms with E-state index in [0.717, 1.165) is 19.3 Å². The quantitative estimate of drug-likeness (QED) is 0.227. The van der Waals surface area contributed by atoms with Gasteiger partial charge in [0.2, 0.25) is 0 Å². The molecule has 0 saturated carbocycles. The van der Waals surface area contributed by atoms with Crippen molar-refractivity contribution in [2.45, 2.75) is 109 Å². The largest absolute Gasteiger partial charge is 0.391 e. The Hall–Kier alpha value is 0.0700. The van der Waals surface area contributed by atoms with E-state index in [1.807, 2.05) is 0 Å². The molecule has 0 aromatic heterocycles. The average molecular weight is 365 g/mol. The highest BCUT2D eigenvalue weighted by atomic mass is 31.2. The van der Waals surface area contributed by atoms with E-state index in [2.05, 4.69) is 6.92 Å². The second-order valence-corrected chi connectivity index (χ2v) is 8.80. The van der Waals surface area contributed by atoms with E-state index in [0.29, 0.717) is 6.42 Å². The second kappa shape index (κ2) is 15.3. The zero-order chi connectivity index (χ0) is 18.3.